The van der Waals surface area contributed by atoms with Crippen molar-refractivity contribution in [2.75, 3.05) is 20.2 Å². The molecule has 4 heteroatoms. The summed E-state index contributed by atoms with van der Waals surface area (Å²) in [6, 6.07) is 0. The maximum Gasteiger partial charge on any atom is 0.257 e. The van der Waals surface area contributed by atoms with Gasteiger partial charge in [-0.25, -0.2) is 5.48 Å². The van der Waals surface area contributed by atoms with E-state index >= 15 is 0 Å². The predicted molar refractivity (Wildman–Crippen MR) is 38.3 cm³/mol. The number of hydrogen-bond donors (Lipinski definition) is 2. The molecule has 10 heavy (non-hydrogen) atoms. The van der Waals surface area contributed by atoms with Crippen molar-refractivity contribution in [3.8, 4) is 0 Å². The van der Waals surface area contributed by atoms with Crippen LogP contribution in [0.15, 0.2) is 0 Å². The van der Waals surface area contributed by atoms with Crippen LogP contribution in [0.25, 0.3) is 0 Å². The summed E-state index contributed by atoms with van der Waals surface area (Å²) >= 11 is 0. The van der Waals surface area contributed by atoms with E-state index in [0.29, 0.717) is 6.54 Å². The summed E-state index contributed by atoms with van der Waals surface area (Å²) in [4.78, 5) is 15.0. The largest absolute Gasteiger partial charge is 0.308 e. The molecule has 0 rings (SSSR count). The Morgan fingerprint density at radius 2 is 2.30 bits per heavy atom. The van der Waals surface area contributed by atoms with Crippen LogP contribution in [-0.4, -0.2) is 26.1 Å². The van der Waals surface area contributed by atoms with Gasteiger partial charge in [-0.2, -0.15) is 0 Å². The van der Waals surface area contributed by atoms with Gasteiger partial charge in [-0.15, -0.1) is 0 Å². The Labute approximate surface area is 60.9 Å². The Balaban J connectivity index is 3.05. The summed E-state index contributed by atoms with van der Waals surface area (Å²) in [5, 5.41) is 2.93. The molecule has 0 atom stereocenters. The van der Waals surface area contributed by atoms with Crippen molar-refractivity contribution in [2.24, 2.45) is 0 Å². The Bertz CT molecular complexity index is 95.7. The van der Waals surface area contributed by atoms with E-state index in [9.17, 15) is 4.79 Å². The van der Waals surface area contributed by atoms with Crippen LogP contribution >= 0.6 is 0 Å². The van der Waals surface area contributed by atoms with Gasteiger partial charge < -0.3 is 5.32 Å². The Hall–Kier alpha value is -0.610. The second-order valence-electron chi connectivity index (χ2n) is 1.91. The summed E-state index contributed by atoms with van der Waals surface area (Å²) in [6.45, 7) is 3.22. The van der Waals surface area contributed by atoms with E-state index in [4.69, 9.17) is 0 Å². The van der Waals surface area contributed by atoms with E-state index in [0.717, 1.165) is 13.0 Å². The second kappa shape index (κ2) is 6.51. The summed E-state index contributed by atoms with van der Waals surface area (Å²) in [6.07, 6.45) is 1.03. The van der Waals surface area contributed by atoms with Gasteiger partial charge in [-0.3, -0.25) is 9.63 Å². The minimum atomic E-state index is -0.143. The monoisotopic (exact) mass is 146 g/mol. The molecule has 0 spiro atoms. The highest BCUT2D eigenvalue weighted by Crippen LogP contribution is 1.69. The number of hydroxylamine groups is 1. The predicted octanol–water partition coefficient (Wildman–Crippen LogP) is -0.336. The van der Waals surface area contributed by atoms with Gasteiger partial charge in [0.05, 0.1) is 13.7 Å². The van der Waals surface area contributed by atoms with Crippen LogP contribution in [0.3, 0.4) is 0 Å². The normalized spacial score (nSPS) is 9.40. The van der Waals surface area contributed by atoms with Gasteiger partial charge in [0.2, 0.25) is 0 Å². The molecule has 0 saturated carbocycles. The molecule has 0 radical (unpaired) electrons. The van der Waals surface area contributed by atoms with Gasteiger partial charge in [0.15, 0.2) is 0 Å². The van der Waals surface area contributed by atoms with Crippen LogP contribution in [0.4, 0.5) is 0 Å². The number of hydrogen-bond acceptors (Lipinski definition) is 3. The molecule has 60 valence electrons. The first kappa shape index (κ1) is 9.39. The van der Waals surface area contributed by atoms with Crippen molar-refractivity contribution >= 4 is 5.91 Å². The van der Waals surface area contributed by atoms with Crippen LogP contribution in [0.1, 0.15) is 13.3 Å². The van der Waals surface area contributed by atoms with Gasteiger partial charge in [-0.05, 0) is 13.0 Å². The van der Waals surface area contributed by atoms with Gasteiger partial charge in [-0.1, -0.05) is 6.92 Å². The zero-order valence-corrected chi connectivity index (χ0v) is 6.44. The third-order valence-electron chi connectivity index (χ3n) is 0.928. The highest BCUT2D eigenvalue weighted by molar-refractivity contribution is 5.76. The van der Waals surface area contributed by atoms with E-state index < -0.39 is 0 Å². The number of rotatable bonds is 5. The number of nitrogens with one attached hydrogen (secondary N) is 2. The average molecular weight is 146 g/mol. The number of carbonyl (C=O) groups excluding carboxylic acids is 1. The fraction of sp³-hybridized carbons (Fsp3) is 0.833. The molecule has 0 bridgehead atoms. The maximum atomic E-state index is 10.6. The first-order chi connectivity index (χ1) is 4.81. The van der Waals surface area contributed by atoms with Crippen LogP contribution in [0.5, 0.6) is 0 Å². The molecule has 1 amide bonds. The van der Waals surface area contributed by atoms with Crippen LogP contribution in [0, 0.1) is 0 Å². The second-order valence-corrected chi connectivity index (χ2v) is 1.91. The lowest BCUT2D eigenvalue weighted by atomic mass is 10.5. The van der Waals surface area contributed by atoms with Crippen molar-refractivity contribution in [3.05, 3.63) is 0 Å². The fourth-order valence-electron chi connectivity index (χ4n) is 0.529. The molecule has 0 aromatic rings. The molecule has 4 nitrogen and oxygen atoms in total. The minimum absolute atomic E-state index is 0.143. The molecule has 0 saturated heterocycles. The van der Waals surface area contributed by atoms with E-state index in [-0.39, 0.29) is 5.91 Å². The molecule has 0 heterocycles. The van der Waals surface area contributed by atoms with Gasteiger partial charge >= 0.3 is 0 Å². The van der Waals surface area contributed by atoms with E-state index in [1.807, 2.05) is 6.92 Å². The summed E-state index contributed by atoms with van der Waals surface area (Å²) in [7, 11) is 1.41. The molecule has 0 aromatic heterocycles. The Morgan fingerprint density at radius 3 is 2.80 bits per heavy atom. The van der Waals surface area contributed by atoms with E-state index in [1.54, 1.807) is 0 Å². The van der Waals surface area contributed by atoms with Crippen LogP contribution in [-0.2, 0) is 9.63 Å². The van der Waals surface area contributed by atoms with Crippen molar-refractivity contribution in [3.63, 3.8) is 0 Å². The Morgan fingerprint density at radius 1 is 1.60 bits per heavy atom. The first-order valence-corrected chi connectivity index (χ1v) is 3.33. The van der Waals surface area contributed by atoms with E-state index in [2.05, 4.69) is 15.6 Å². The zero-order chi connectivity index (χ0) is 7.82. The van der Waals surface area contributed by atoms with Gasteiger partial charge in [0.1, 0.15) is 0 Å². The standard InChI is InChI=1S/C6H14N2O2/c1-3-4-7-5-6(9)8-10-2/h7H,3-5H2,1-2H3,(H,8,9). The van der Waals surface area contributed by atoms with Gasteiger partial charge in [0, 0.05) is 0 Å². The summed E-state index contributed by atoms with van der Waals surface area (Å²) < 4.78 is 0. The average Bonchev–Trinajstić information content (AvgIpc) is 1.89. The molecular formula is C6H14N2O2. The SMILES string of the molecule is CCCNCC(=O)NOC. The van der Waals surface area contributed by atoms with Crippen LogP contribution < -0.4 is 10.8 Å². The highest BCUT2D eigenvalue weighted by atomic mass is 16.6. The van der Waals surface area contributed by atoms with Gasteiger partial charge in [0.25, 0.3) is 5.91 Å². The minimum Gasteiger partial charge on any atom is -0.308 e. The van der Waals surface area contributed by atoms with Crippen molar-refractivity contribution in [1.29, 1.82) is 0 Å². The molecule has 0 aliphatic heterocycles. The van der Waals surface area contributed by atoms with Crippen molar-refractivity contribution in [1.82, 2.24) is 10.8 Å². The molecule has 0 aliphatic carbocycles. The van der Waals surface area contributed by atoms with Crippen molar-refractivity contribution in [2.45, 2.75) is 13.3 Å². The lowest BCUT2D eigenvalue weighted by Crippen LogP contribution is -2.33. The topological polar surface area (TPSA) is 50.4 Å². The lowest BCUT2D eigenvalue weighted by Gasteiger charge is -2.01. The van der Waals surface area contributed by atoms with Crippen molar-refractivity contribution < 1.29 is 9.63 Å². The highest BCUT2D eigenvalue weighted by Gasteiger charge is 1.95. The third-order valence-corrected chi connectivity index (χ3v) is 0.928. The maximum absolute atomic E-state index is 10.6. The molecule has 0 aliphatic rings. The lowest BCUT2D eigenvalue weighted by molar-refractivity contribution is -0.130. The molecular weight excluding hydrogens is 132 g/mol. The smallest absolute Gasteiger partial charge is 0.257 e. The fourth-order valence-corrected chi connectivity index (χ4v) is 0.529. The Kier molecular flexibility index (Phi) is 6.11. The number of carbonyl (C=O) groups is 1. The molecule has 0 unspecified atom stereocenters. The number of amides is 1. The molecule has 2 N–H and O–H groups in total. The summed E-state index contributed by atoms with van der Waals surface area (Å²) in [5.41, 5.74) is 2.20. The zero-order valence-electron chi connectivity index (χ0n) is 6.44. The van der Waals surface area contributed by atoms with Crippen LogP contribution in [0.2, 0.25) is 0 Å². The summed E-state index contributed by atoms with van der Waals surface area (Å²) in [5.74, 6) is -0.143. The quantitative estimate of drug-likeness (QED) is 0.412. The first-order valence-electron chi connectivity index (χ1n) is 3.33. The van der Waals surface area contributed by atoms with E-state index in [1.165, 1.54) is 7.11 Å². The molecule has 0 fully saturated rings. The third kappa shape index (κ3) is 5.53. The molecule has 0 aromatic carbocycles.